The molecule has 1 aliphatic heterocycles. The molecular weight excluding hydrogens is 246 g/mol. The topological polar surface area (TPSA) is 37.8 Å². The van der Waals surface area contributed by atoms with Crippen molar-refractivity contribution in [3.8, 4) is 0 Å². The van der Waals surface area contributed by atoms with Crippen molar-refractivity contribution in [1.29, 1.82) is 0 Å². The number of hydrogen-bond donors (Lipinski definition) is 1. The van der Waals surface area contributed by atoms with Gasteiger partial charge in [-0.2, -0.15) is 0 Å². The maximum Gasteiger partial charge on any atom is 0.133 e. The summed E-state index contributed by atoms with van der Waals surface area (Å²) in [7, 11) is 0. The van der Waals surface area contributed by atoms with Gasteiger partial charge in [0.15, 0.2) is 0 Å². The first-order valence-electron chi connectivity index (χ1n) is 7.25. The first-order chi connectivity index (χ1) is 9.63. The Bertz CT molecular complexity index is 647. The predicted molar refractivity (Wildman–Crippen MR) is 80.9 cm³/mol. The minimum absolute atomic E-state index is 0.822. The molecule has 0 unspecified atom stereocenters. The molecule has 2 heterocycles. The third-order valence-corrected chi connectivity index (χ3v) is 4.12. The molecule has 1 aromatic heterocycles. The van der Waals surface area contributed by atoms with Gasteiger partial charge >= 0.3 is 0 Å². The fourth-order valence-electron chi connectivity index (χ4n) is 2.75. The van der Waals surface area contributed by atoms with Gasteiger partial charge in [-0.3, -0.25) is 0 Å². The SMILES string of the molecule is Cc1ccc(Cc2nc(C)c3c(n2)CCNC3)cc1C. The molecule has 3 nitrogen and oxygen atoms in total. The number of aromatic nitrogens is 2. The summed E-state index contributed by atoms with van der Waals surface area (Å²) < 4.78 is 0. The Labute approximate surface area is 120 Å². The van der Waals surface area contributed by atoms with Crippen LogP contribution in [0, 0.1) is 20.8 Å². The Morgan fingerprint density at radius 3 is 2.75 bits per heavy atom. The monoisotopic (exact) mass is 267 g/mol. The maximum atomic E-state index is 4.77. The maximum absolute atomic E-state index is 4.77. The molecule has 0 spiro atoms. The Morgan fingerprint density at radius 2 is 1.95 bits per heavy atom. The number of hydrogen-bond acceptors (Lipinski definition) is 3. The Morgan fingerprint density at radius 1 is 1.10 bits per heavy atom. The van der Waals surface area contributed by atoms with E-state index in [2.05, 4.69) is 49.3 Å². The van der Waals surface area contributed by atoms with Gasteiger partial charge in [-0.25, -0.2) is 9.97 Å². The van der Waals surface area contributed by atoms with Gasteiger partial charge in [0.25, 0.3) is 0 Å². The molecular formula is C17H21N3. The number of fused-ring (bicyclic) bond motifs is 1. The summed E-state index contributed by atoms with van der Waals surface area (Å²) in [5, 5.41) is 3.38. The fourth-order valence-corrected chi connectivity index (χ4v) is 2.75. The van der Waals surface area contributed by atoms with Crippen molar-refractivity contribution in [2.45, 2.75) is 40.2 Å². The second-order valence-corrected chi connectivity index (χ2v) is 5.67. The summed E-state index contributed by atoms with van der Waals surface area (Å²) in [4.78, 5) is 9.45. The molecule has 1 N–H and O–H groups in total. The molecule has 0 atom stereocenters. The molecule has 3 heteroatoms. The van der Waals surface area contributed by atoms with Gasteiger partial charge in [0.05, 0.1) is 5.69 Å². The van der Waals surface area contributed by atoms with Crippen LogP contribution in [0.5, 0.6) is 0 Å². The average Bonchev–Trinajstić information content (AvgIpc) is 2.43. The van der Waals surface area contributed by atoms with Crippen LogP contribution in [0.25, 0.3) is 0 Å². The second kappa shape index (κ2) is 5.33. The third kappa shape index (κ3) is 2.59. The van der Waals surface area contributed by atoms with Crippen LogP contribution >= 0.6 is 0 Å². The number of nitrogens with one attached hydrogen (secondary N) is 1. The molecule has 3 rings (SSSR count). The van der Waals surface area contributed by atoms with Gasteiger partial charge in [-0.05, 0) is 37.5 Å². The van der Waals surface area contributed by atoms with Crippen molar-refractivity contribution in [2.75, 3.05) is 6.54 Å². The molecule has 0 saturated carbocycles. The van der Waals surface area contributed by atoms with E-state index in [1.807, 2.05) is 0 Å². The lowest BCUT2D eigenvalue weighted by Gasteiger charge is -2.18. The molecule has 0 amide bonds. The van der Waals surface area contributed by atoms with E-state index in [9.17, 15) is 0 Å². The molecule has 0 aliphatic carbocycles. The lowest BCUT2D eigenvalue weighted by atomic mass is 10.0. The van der Waals surface area contributed by atoms with Crippen LogP contribution in [-0.2, 0) is 19.4 Å². The van der Waals surface area contributed by atoms with Crippen molar-refractivity contribution in [3.05, 3.63) is 57.7 Å². The lowest BCUT2D eigenvalue weighted by Crippen LogP contribution is -2.26. The highest BCUT2D eigenvalue weighted by Crippen LogP contribution is 2.17. The normalized spacial score (nSPS) is 14.2. The standard InChI is InChI=1S/C17H21N3/c1-11-4-5-14(8-12(11)2)9-17-19-13(3)15-10-18-7-6-16(15)20-17/h4-5,8,18H,6-7,9-10H2,1-3H3. The van der Waals surface area contributed by atoms with E-state index in [1.54, 1.807) is 0 Å². The van der Waals surface area contributed by atoms with E-state index in [0.29, 0.717) is 0 Å². The highest BCUT2D eigenvalue weighted by atomic mass is 14.9. The zero-order chi connectivity index (χ0) is 14.1. The molecule has 2 aromatic rings. The van der Waals surface area contributed by atoms with Gasteiger partial charge in [0.2, 0.25) is 0 Å². The van der Waals surface area contributed by atoms with Gasteiger partial charge in [0, 0.05) is 37.2 Å². The lowest BCUT2D eigenvalue weighted by molar-refractivity contribution is 0.615. The van der Waals surface area contributed by atoms with Crippen LogP contribution in [0.1, 0.15) is 39.5 Å². The first-order valence-corrected chi connectivity index (χ1v) is 7.25. The van der Waals surface area contributed by atoms with Gasteiger partial charge in [-0.15, -0.1) is 0 Å². The van der Waals surface area contributed by atoms with E-state index in [1.165, 1.54) is 27.9 Å². The predicted octanol–water partition coefficient (Wildman–Crippen LogP) is 2.64. The van der Waals surface area contributed by atoms with Crippen molar-refractivity contribution in [3.63, 3.8) is 0 Å². The average molecular weight is 267 g/mol. The molecule has 1 aliphatic rings. The summed E-state index contributed by atoms with van der Waals surface area (Å²) in [5.41, 5.74) is 7.61. The second-order valence-electron chi connectivity index (χ2n) is 5.67. The van der Waals surface area contributed by atoms with E-state index in [0.717, 1.165) is 37.4 Å². The highest BCUT2D eigenvalue weighted by Gasteiger charge is 2.15. The molecule has 0 fully saturated rings. The Hall–Kier alpha value is -1.74. The van der Waals surface area contributed by atoms with Crippen molar-refractivity contribution >= 4 is 0 Å². The largest absolute Gasteiger partial charge is 0.312 e. The minimum atomic E-state index is 0.822. The van der Waals surface area contributed by atoms with Crippen LogP contribution in [0.3, 0.4) is 0 Å². The Balaban J connectivity index is 1.90. The molecule has 20 heavy (non-hydrogen) atoms. The minimum Gasteiger partial charge on any atom is -0.312 e. The summed E-state index contributed by atoms with van der Waals surface area (Å²) in [5.74, 6) is 0.950. The highest BCUT2D eigenvalue weighted by molar-refractivity contribution is 5.33. The quantitative estimate of drug-likeness (QED) is 0.909. The van der Waals surface area contributed by atoms with E-state index < -0.39 is 0 Å². The van der Waals surface area contributed by atoms with E-state index >= 15 is 0 Å². The smallest absolute Gasteiger partial charge is 0.133 e. The van der Waals surface area contributed by atoms with Crippen molar-refractivity contribution in [1.82, 2.24) is 15.3 Å². The zero-order valence-electron chi connectivity index (χ0n) is 12.5. The molecule has 0 radical (unpaired) electrons. The fraction of sp³-hybridized carbons (Fsp3) is 0.412. The third-order valence-electron chi connectivity index (χ3n) is 4.12. The van der Waals surface area contributed by atoms with E-state index in [-0.39, 0.29) is 0 Å². The number of rotatable bonds is 2. The van der Waals surface area contributed by atoms with E-state index in [4.69, 9.17) is 4.98 Å². The van der Waals surface area contributed by atoms with Crippen LogP contribution < -0.4 is 5.32 Å². The molecule has 0 bridgehead atoms. The van der Waals surface area contributed by atoms with Crippen LogP contribution in [-0.4, -0.2) is 16.5 Å². The summed E-state index contributed by atoms with van der Waals surface area (Å²) >= 11 is 0. The summed E-state index contributed by atoms with van der Waals surface area (Å²) in [6.07, 6.45) is 1.83. The summed E-state index contributed by atoms with van der Waals surface area (Å²) in [6.45, 7) is 8.32. The van der Waals surface area contributed by atoms with Gasteiger partial charge < -0.3 is 5.32 Å². The molecule has 1 aromatic carbocycles. The van der Waals surface area contributed by atoms with Crippen molar-refractivity contribution < 1.29 is 0 Å². The van der Waals surface area contributed by atoms with Crippen LogP contribution in [0.2, 0.25) is 0 Å². The van der Waals surface area contributed by atoms with Crippen LogP contribution in [0.15, 0.2) is 18.2 Å². The van der Waals surface area contributed by atoms with Gasteiger partial charge in [0.1, 0.15) is 5.82 Å². The first kappa shape index (κ1) is 13.3. The Kier molecular flexibility index (Phi) is 3.53. The van der Waals surface area contributed by atoms with Crippen LogP contribution in [0.4, 0.5) is 0 Å². The number of nitrogens with zero attached hydrogens (tertiary/aromatic N) is 2. The molecule has 104 valence electrons. The number of benzene rings is 1. The van der Waals surface area contributed by atoms with Gasteiger partial charge in [-0.1, -0.05) is 18.2 Å². The number of aryl methyl sites for hydroxylation is 3. The molecule has 0 saturated heterocycles. The summed E-state index contributed by atoms with van der Waals surface area (Å²) in [6, 6.07) is 6.61. The van der Waals surface area contributed by atoms with Crippen molar-refractivity contribution in [2.24, 2.45) is 0 Å². The zero-order valence-corrected chi connectivity index (χ0v) is 12.5.